The number of nitrogen functional groups attached to an aromatic ring is 1. The van der Waals surface area contributed by atoms with Gasteiger partial charge in [-0.25, -0.2) is 4.98 Å². The van der Waals surface area contributed by atoms with Crippen LogP contribution in [0.3, 0.4) is 0 Å². The van der Waals surface area contributed by atoms with Crippen LogP contribution in [0.1, 0.15) is 11.6 Å². The molecule has 0 fully saturated rings. The molecule has 1 aromatic heterocycles. The number of halogens is 1. The highest BCUT2D eigenvalue weighted by atomic mass is 35.5. The Kier molecular flexibility index (Phi) is 2.68. The van der Waals surface area contributed by atoms with Crippen molar-refractivity contribution in [2.45, 2.75) is 6.04 Å². The smallest absolute Gasteiger partial charge is 0.224 e. The van der Waals surface area contributed by atoms with E-state index < -0.39 is 0 Å². The van der Waals surface area contributed by atoms with Gasteiger partial charge in [-0.1, -0.05) is 18.2 Å². The van der Waals surface area contributed by atoms with Crippen molar-refractivity contribution in [3.63, 3.8) is 0 Å². The van der Waals surface area contributed by atoms with E-state index in [2.05, 4.69) is 15.3 Å². The Labute approximate surface area is 109 Å². The molecule has 1 unspecified atom stereocenters. The molecule has 2 heterocycles. The van der Waals surface area contributed by atoms with Gasteiger partial charge in [0.2, 0.25) is 5.28 Å². The summed E-state index contributed by atoms with van der Waals surface area (Å²) in [4.78, 5) is 7.89. The molecule has 3 rings (SSSR count). The number of rotatable bonds is 2. The number of nitrogens with one attached hydrogen (secondary N) is 1. The summed E-state index contributed by atoms with van der Waals surface area (Å²) in [5, 5.41) is 3.39. The van der Waals surface area contributed by atoms with E-state index >= 15 is 0 Å². The second-order valence-electron chi connectivity index (χ2n) is 3.99. The molecule has 3 N–H and O–H groups in total. The van der Waals surface area contributed by atoms with E-state index in [0.29, 0.717) is 18.1 Å². The van der Waals surface area contributed by atoms with Crippen molar-refractivity contribution in [3.8, 4) is 5.75 Å². The minimum atomic E-state index is 0.0227. The largest absolute Gasteiger partial charge is 0.491 e. The molecule has 0 bridgehead atoms. The molecule has 0 aliphatic carbocycles. The quantitative estimate of drug-likeness (QED) is 0.812. The van der Waals surface area contributed by atoms with E-state index in [0.717, 1.165) is 11.3 Å². The van der Waals surface area contributed by atoms with Crippen LogP contribution in [0.2, 0.25) is 5.28 Å². The Morgan fingerprint density at radius 2 is 2.22 bits per heavy atom. The number of hydrogen-bond acceptors (Lipinski definition) is 5. The first-order chi connectivity index (χ1) is 8.74. The fraction of sp³-hybridized carbons (Fsp3) is 0.167. The summed E-state index contributed by atoms with van der Waals surface area (Å²) in [5.41, 5.74) is 7.35. The fourth-order valence-corrected chi connectivity index (χ4v) is 2.07. The number of hydrogen-bond donors (Lipinski definition) is 2. The molecule has 1 aliphatic rings. The van der Waals surface area contributed by atoms with E-state index in [9.17, 15) is 0 Å². The van der Waals surface area contributed by atoms with Gasteiger partial charge in [-0.3, -0.25) is 0 Å². The van der Waals surface area contributed by atoms with E-state index in [-0.39, 0.29) is 11.3 Å². The van der Waals surface area contributed by atoms with E-state index in [1.807, 2.05) is 24.3 Å². The van der Waals surface area contributed by atoms with Gasteiger partial charge in [-0.15, -0.1) is 0 Å². The molecule has 0 radical (unpaired) electrons. The number of anilines is 2. The molecular formula is C12H11ClN4O. The van der Waals surface area contributed by atoms with E-state index in [4.69, 9.17) is 22.1 Å². The molecule has 0 saturated carbocycles. The van der Waals surface area contributed by atoms with Gasteiger partial charge in [0.1, 0.15) is 12.4 Å². The zero-order chi connectivity index (χ0) is 12.5. The Hall–Kier alpha value is -2.01. The second kappa shape index (κ2) is 4.34. The first-order valence-electron chi connectivity index (χ1n) is 5.50. The number of nitrogens with zero attached hydrogens (tertiary/aromatic N) is 2. The Morgan fingerprint density at radius 1 is 1.39 bits per heavy atom. The summed E-state index contributed by atoms with van der Waals surface area (Å²) in [6.45, 7) is 0.542. The van der Waals surface area contributed by atoms with Crippen molar-refractivity contribution in [1.29, 1.82) is 0 Å². The van der Waals surface area contributed by atoms with Crippen molar-refractivity contribution < 1.29 is 4.74 Å². The Bertz CT molecular complexity index is 590. The molecule has 1 aliphatic heterocycles. The van der Waals surface area contributed by atoms with Gasteiger partial charge in [0.15, 0.2) is 5.82 Å². The summed E-state index contributed by atoms with van der Waals surface area (Å²) >= 11 is 5.75. The Balaban J connectivity index is 1.88. The van der Waals surface area contributed by atoms with Gasteiger partial charge in [-0.2, -0.15) is 4.98 Å². The number of nitrogens with two attached hydrogens (primary N) is 1. The van der Waals surface area contributed by atoms with Crippen molar-refractivity contribution in [3.05, 3.63) is 41.3 Å². The van der Waals surface area contributed by atoms with Crippen LogP contribution >= 0.6 is 11.6 Å². The van der Waals surface area contributed by atoms with Crippen LogP contribution in [-0.2, 0) is 0 Å². The molecule has 18 heavy (non-hydrogen) atoms. The second-order valence-corrected chi connectivity index (χ2v) is 4.33. The summed E-state index contributed by atoms with van der Waals surface area (Å²) in [7, 11) is 0. The molecule has 6 heteroatoms. The first kappa shape index (κ1) is 11.1. The first-order valence-corrected chi connectivity index (χ1v) is 5.88. The summed E-state index contributed by atoms with van der Waals surface area (Å²) in [6, 6.07) is 7.89. The SMILES string of the molecule is Nc1cnc(Cl)nc1NC1COc2ccccc21. The summed E-state index contributed by atoms with van der Waals surface area (Å²) in [5.74, 6) is 1.41. The van der Waals surface area contributed by atoms with E-state index in [1.54, 1.807) is 0 Å². The van der Waals surface area contributed by atoms with Crippen LogP contribution in [0, 0.1) is 0 Å². The van der Waals surface area contributed by atoms with Gasteiger partial charge in [0.05, 0.1) is 17.9 Å². The van der Waals surface area contributed by atoms with Crippen molar-refractivity contribution in [2.75, 3.05) is 17.7 Å². The number of aromatic nitrogens is 2. The van der Waals surface area contributed by atoms with Crippen LogP contribution in [0.25, 0.3) is 0 Å². The van der Waals surface area contributed by atoms with Crippen LogP contribution in [-0.4, -0.2) is 16.6 Å². The standard InChI is InChI=1S/C12H11ClN4O/c13-12-15-5-8(14)11(17-12)16-9-6-18-10-4-2-1-3-7(9)10/h1-5,9H,6,14H2,(H,15,16,17). The summed E-state index contributed by atoms with van der Waals surface area (Å²) in [6.07, 6.45) is 1.49. The highest BCUT2D eigenvalue weighted by Gasteiger charge is 2.24. The number of ether oxygens (including phenoxy) is 1. The Morgan fingerprint density at radius 3 is 3.11 bits per heavy atom. The monoisotopic (exact) mass is 262 g/mol. The minimum Gasteiger partial charge on any atom is -0.491 e. The van der Waals surface area contributed by atoms with Gasteiger partial charge >= 0.3 is 0 Å². The van der Waals surface area contributed by atoms with Gasteiger partial charge in [0.25, 0.3) is 0 Å². The number of benzene rings is 1. The highest BCUT2D eigenvalue weighted by Crippen LogP contribution is 2.34. The van der Waals surface area contributed by atoms with Gasteiger partial charge in [-0.05, 0) is 17.7 Å². The number of para-hydroxylation sites is 1. The third-order valence-corrected chi connectivity index (χ3v) is 2.98. The predicted molar refractivity (Wildman–Crippen MR) is 69.8 cm³/mol. The predicted octanol–water partition coefficient (Wildman–Crippen LogP) is 2.26. The van der Waals surface area contributed by atoms with Crippen LogP contribution in [0.4, 0.5) is 11.5 Å². The fourth-order valence-electron chi connectivity index (χ4n) is 1.93. The lowest BCUT2D eigenvalue weighted by molar-refractivity contribution is 0.339. The lowest BCUT2D eigenvalue weighted by Gasteiger charge is -2.13. The zero-order valence-electron chi connectivity index (χ0n) is 9.43. The normalized spacial score (nSPS) is 17.1. The highest BCUT2D eigenvalue weighted by molar-refractivity contribution is 6.28. The average Bonchev–Trinajstić information content (AvgIpc) is 2.78. The molecule has 0 amide bonds. The topological polar surface area (TPSA) is 73.1 Å². The lowest BCUT2D eigenvalue weighted by Crippen LogP contribution is -2.14. The van der Waals surface area contributed by atoms with Gasteiger partial charge in [0, 0.05) is 5.56 Å². The summed E-state index contributed by atoms with van der Waals surface area (Å²) < 4.78 is 5.57. The molecule has 0 spiro atoms. The average molecular weight is 263 g/mol. The molecular weight excluding hydrogens is 252 g/mol. The van der Waals surface area contributed by atoms with Crippen LogP contribution in [0.5, 0.6) is 5.75 Å². The molecule has 0 saturated heterocycles. The maximum Gasteiger partial charge on any atom is 0.224 e. The van der Waals surface area contributed by atoms with Crippen molar-refractivity contribution in [2.24, 2.45) is 0 Å². The van der Waals surface area contributed by atoms with Crippen LogP contribution < -0.4 is 15.8 Å². The minimum absolute atomic E-state index is 0.0227. The lowest BCUT2D eigenvalue weighted by atomic mass is 10.1. The molecule has 92 valence electrons. The molecule has 5 nitrogen and oxygen atoms in total. The molecule has 1 atom stereocenters. The third kappa shape index (κ3) is 1.93. The van der Waals surface area contributed by atoms with Gasteiger partial charge < -0.3 is 15.8 Å². The maximum atomic E-state index is 5.80. The number of fused-ring (bicyclic) bond motifs is 1. The van der Waals surface area contributed by atoms with Crippen molar-refractivity contribution in [1.82, 2.24) is 9.97 Å². The third-order valence-electron chi connectivity index (χ3n) is 2.80. The van der Waals surface area contributed by atoms with Crippen LogP contribution in [0.15, 0.2) is 30.5 Å². The van der Waals surface area contributed by atoms with Crippen molar-refractivity contribution >= 4 is 23.1 Å². The molecule has 1 aromatic carbocycles. The van der Waals surface area contributed by atoms with E-state index in [1.165, 1.54) is 6.20 Å². The zero-order valence-corrected chi connectivity index (χ0v) is 10.2. The maximum absolute atomic E-state index is 5.80. The molecule has 2 aromatic rings.